The third-order valence-corrected chi connectivity index (χ3v) is 3.69. The van der Waals surface area contributed by atoms with E-state index in [4.69, 9.17) is 9.94 Å². The van der Waals surface area contributed by atoms with Crippen LogP contribution in [-0.2, 0) is 27.3 Å². The van der Waals surface area contributed by atoms with Crippen molar-refractivity contribution in [3.05, 3.63) is 41.2 Å². The summed E-state index contributed by atoms with van der Waals surface area (Å²) in [6.45, 7) is 2.18. The molecule has 0 aromatic carbocycles. The van der Waals surface area contributed by atoms with Crippen LogP contribution in [0.3, 0.4) is 0 Å². The van der Waals surface area contributed by atoms with Gasteiger partial charge in [0.05, 0.1) is 24.9 Å². The Morgan fingerprint density at radius 3 is 2.80 bits per heavy atom. The SMILES string of the molecule is CCOC(=O)Cc1csc(NC(=O)C[n+]2ccc(/C=N/O)cc2)n1.[Cl-]. The fourth-order valence-electron chi connectivity index (χ4n) is 1.86. The van der Waals surface area contributed by atoms with Crippen molar-refractivity contribution < 1.29 is 36.5 Å². The average molecular weight is 385 g/mol. The monoisotopic (exact) mass is 384 g/mol. The first kappa shape index (κ1) is 20.5. The van der Waals surface area contributed by atoms with E-state index in [1.165, 1.54) is 17.6 Å². The smallest absolute Gasteiger partial charge is 0.311 e. The largest absolute Gasteiger partial charge is 1.00 e. The van der Waals surface area contributed by atoms with Crippen LogP contribution in [0.5, 0.6) is 0 Å². The molecule has 0 radical (unpaired) electrons. The summed E-state index contributed by atoms with van der Waals surface area (Å²) in [6.07, 6.45) is 4.78. The van der Waals surface area contributed by atoms with Crippen LogP contribution in [0.25, 0.3) is 0 Å². The molecule has 2 rings (SSSR count). The Morgan fingerprint density at radius 1 is 1.44 bits per heavy atom. The molecule has 0 bridgehead atoms. The van der Waals surface area contributed by atoms with E-state index in [1.54, 1.807) is 41.4 Å². The average Bonchev–Trinajstić information content (AvgIpc) is 2.96. The Bertz CT molecular complexity index is 733. The molecule has 2 aromatic rings. The normalized spacial score (nSPS) is 10.3. The molecule has 0 spiro atoms. The number of nitrogens with one attached hydrogen (secondary N) is 1. The molecule has 2 N–H and O–H groups in total. The summed E-state index contributed by atoms with van der Waals surface area (Å²) in [7, 11) is 0. The van der Waals surface area contributed by atoms with E-state index in [-0.39, 0.29) is 37.2 Å². The number of ether oxygens (including phenoxy) is 1. The summed E-state index contributed by atoms with van der Waals surface area (Å²) < 4.78 is 6.53. The molecule has 0 aliphatic carbocycles. The van der Waals surface area contributed by atoms with Gasteiger partial charge in [0, 0.05) is 23.1 Å². The first-order valence-corrected chi connectivity index (χ1v) is 8.05. The van der Waals surface area contributed by atoms with E-state index in [0.717, 1.165) is 5.56 Å². The van der Waals surface area contributed by atoms with Gasteiger partial charge in [-0.3, -0.25) is 14.9 Å². The lowest BCUT2D eigenvalue weighted by atomic mass is 10.3. The zero-order chi connectivity index (χ0) is 17.4. The van der Waals surface area contributed by atoms with Crippen molar-refractivity contribution in [2.24, 2.45) is 5.16 Å². The van der Waals surface area contributed by atoms with Crippen molar-refractivity contribution in [1.82, 2.24) is 4.98 Å². The maximum absolute atomic E-state index is 12.0. The Labute approximate surface area is 154 Å². The van der Waals surface area contributed by atoms with Gasteiger partial charge in [0.2, 0.25) is 6.54 Å². The van der Waals surface area contributed by atoms with Gasteiger partial charge < -0.3 is 22.4 Å². The number of thiazole rings is 1. The minimum Gasteiger partial charge on any atom is -1.00 e. The Morgan fingerprint density at radius 2 is 2.16 bits per heavy atom. The number of carbonyl (C=O) groups is 2. The number of rotatable bonds is 7. The van der Waals surface area contributed by atoms with Gasteiger partial charge >= 0.3 is 5.97 Å². The lowest BCUT2D eigenvalue weighted by Crippen LogP contribution is -3.00. The van der Waals surface area contributed by atoms with Gasteiger partial charge in [0.15, 0.2) is 17.5 Å². The number of anilines is 1. The number of aromatic nitrogens is 2. The number of pyridine rings is 1. The third-order valence-electron chi connectivity index (χ3n) is 2.88. The Hall–Kier alpha value is -2.52. The molecular formula is C15H17ClN4O4S. The first-order chi connectivity index (χ1) is 11.6. The summed E-state index contributed by atoms with van der Waals surface area (Å²) in [4.78, 5) is 27.6. The second kappa shape index (κ2) is 10.4. The van der Waals surface area contributed by atoms with Gasteiger partial charge in [-0.15, -0.1) is 11.3 Å². The molecular weight excluding hydrogens is 368 g/mol. The van der Waals surface area contributed by atoms with Crippen molar-refractivity contribution >= 4 is 34.6 Å². The second-order valence-corrected chi connectivity index (χ2v) is 5.58. The summed E-state index contributed by atoms with van der Waals surface area (Å²) in [6, 6.07) is 3.43. The van der Waals surface area contributed by atoms with E-state index in [9.17, 15) is 9.59 Å². The van der Waals surface area contributed by atoms with Crippen molar-refractivity contribution in [1.29, 1.82) is 0 Å². The fraction of sp³-hybridized carbons (Fsp3) is 0.267. The fourth-order valence-corrected chi connectivity index (χ4v) is 2.58. The molecule has 2 aromatic heterocycles. The van der Waals surface area contributed by atoms with Crippen LogP contribution in [0.2, 0.25) is 0 Å². The minimum atomic E-state index is -0.345. The van der Waals surface area contributed by atoms with Gasteiger partial charge in [-0.05, 0) is 6.92 Å². The van der Waals surface area contributed by atoms with Gasteiger partial charge in [0.1, 0.15) is 0 Å². The molecule has 0 saturated carbocycles. The highest BCUT2D eigenvalue weighted by Crippen LogP contribution is 2.15. The van der Waals surface area contributed by atoms with E-state index >= 15 is 0 Å². The molecule has 25 heavy (non-hydrogen) atoms. The van der Waals surface area contributed by atoms with Crippen LogP contribution in [0.1, 0.15) is 18.2 Å². The number of nitrogens with zero attached hydrogens (tertiary/aromatic N) is 3. The Kier molecular flexibility index (Phi) is 8.51. The maximum Gasteiger partial charge on any atom is 0.311 e. The van der Waals surface area contributed by atoms with Crippen molar-refractivity contribution in [2.45, 2.75) is 19.9 Å². The Balaban J connectivity index is 0.00000312. The van der Waals surface area contributed by atoms with Crippen LogP contribution < -0.4 is 22.3 Å². The highest BCUT2D eigenvalue weighted by atomic mass is 35.5. The molecule has 0 aliphatic heterocycles. The van der Waals surface area contributed by atoms with Gasteiger partial charge in [0.25, 0.3) is 5.91 Å². The molecule has 0 unspecified atom stereocenters. The molecule has 1 amide bonds. The van der Waals surface area contributed by atoms with Gasteiger partial charge in [-0.1, -0.05) is 5.16 Å². The lowest BCUT2D eigenvalue weighted by Gasteiger charge is -2.00. The van der Waals surface area contributed by atoms with Crippen molar-refractivity contribution in [3.8, 4) is 0 Å². The first-order valence-electron chi connectivity index (χ1n) is 7.17. The molecule has 0 fully saturated rings. The predicted octanol–water partition coefficient (Wildman–Crippen LogP) is -2.01. The van der Waals surface area contributed by atoms with Gasteiger partial charge in [-0.2, -0.15) is 4.57 Å². The third kappa shape index (κ3) is 6.86. The highest BCUT2D eigenvalue weighted by molar-refractivity contribution is 7.13. The van der Waals surface area contributed by atoms with Crippen molar-refractivity contribution in [3.63, 3.8) is 0 Å². The van der Waals surface area contributed by atoms with E-state index in [1.807, 2.05) is 0 Å². The van der Waals surface area contributed by atoms with Crippen LogP contribution in [0.4, 0.5) is 5.13 Å². The van der Waals surface area contributed by atoms with E-state index < -0.39 is 0 Å². The van der Waals surface area contributed by atoms with Crippen LogP contribution in [0, 0.1) is 0 Å². The summed E-state index contributed by atoms with van der Waals surface area (Å²) in [5.74, 6) is -0.580. The summed E-state index contributed by atoms with van der Waals surface area (Å²) >= 11 is 1.25. The molecule has 0 aliphatic rings. The second-order valence-electron chi connectivity index (χ2n) is 4.72. The van der Waals surface area contributed by atoms with E-state index in [2.05, 4.69) is 15.5 Å². The van der Waals surface area contributed by atoms with Crippen molar-refractivity contribution in [2.75, 3.05) is 11.9 Å². The van der Waals surface area contributed by atoms with Crippen LogP contribution in [0.15, 0.2) is 35.1 Å². The molecule has 8 nitrogen and oxygen atoms in total. The molecule has 0 saturated heterocycles. The predicted molar refractivity (Wildman–Crippen MR) is 87.1 cm³/mol. The standard InChI is InChI=1S/C15H16N4O4S.ClH/c1-2-23-14(21)7-12-10-24-15(17-12)18-13(20)9-19-5-3-11(4-6-19)8-16-22;/h3-6,8,10H,2,7,9H2,1H3,(H,17,18,20);1H. The number of hydrogen-bond acceptors (Lipinski definition) is 7. The lowest BCUT2D eigenvalue weighted by molar-refractivity contribution is -0.684. The molecule has 134 valence electrons. The highest BCUT2D eigenvalue weighted by Gasteiger charge is 2.13. The number of amides is 1. The molecule has 2 heterocycles. The van der Waals surface area contributed by atoms with Crippen LogP contribution in [-0.4, -0.2) is 34.9 Å². The van der Waals surface area contributed by atoms with Crippen LogP contribution >= 0.6 is 11.3 Å². The number of halogens is 1. The minimum absolute atomic E-state index is 0. The topological polar surface area (TPSA) is 105 Å². The van der Waals surface area contributed by atoms with Gasteiger partial charge in [-0.25, -0.2) is 4.98 Å². The summed E-state index contributed by atoms with van der Waals surface area (Å²) in [5.41, 5.74) is 1.28. The number of oxime groups is 1. The zero-order valence-electron chi connectivity index (χ0n) is 13.4. The number of carbonyl (C=O) groups excluding carboxylic acids is 2. The zero-order valence-corrected chi connectivity index (χ0v) is 15.0. The number of esters is 1. The number of hydrogen-bond donors (Lipinski definition) is 2. The van der Waals surface area contributed by atoms with E-state index in [0.29, 0.717) is 17.4 Å². The summed E-state index contributed by atoms with van der Waals surface area (Å²) in [5, 5.41) is 16.2. The maximum atomic E-state index is 12.0. The quantitative estimate of drug-likeness (QED) is 0.189. The molecule has 0 atom stereocenters. The molecule has 10 heteroatoms.